The number of amides is 1. The highest BCUT2D eigenvalue weighted by atomic mass is 16.5. The SMILES string of the molecule is COC(=O)C(CNC(=O)c1cc(N)ccc1C)Cc1cccc(C)c1. The Bertz CT molecular complexity index is 771. The number of esters is 1. The Morgan fingerprint density at radius 2 is 1.92 bits per heavy atom. The Morgan fingerprint density at radius 3 is 2.60 bits per heavy atom. The summed E-state index contributed by atoms with van der Waals surface area (Å²) in [5, 5.41) is 2.82. The molecule has 2 aromatic rings. The third-order valence-electron chi connectivity index (χ3n) is 4.11. The van der Waals surface area contributed by atoms with Crippen molar-refractivity contribution >= 4 is 17.6 Å². The Hall–Kier alpha value is -2.82. The standard InChI is InChI=1S/C20H24N2O3/c1-13-5-4-6-15(9-13)10-16(20(24)25-3)12-22-19(23)18-11-17(21)8-7-14(18)2/h4-9,11,16H,10,12,21H2,1-3H3,(H,22,23). The van der Waals surface area contributed by atoms with Crippen molar-refractivity contribution in [3.8, 4) is 0 Å². The monoisotopic (exact) mass is 340 g/mol. The number of nitrogens with two attached hydrogens (primary N) is 1. The number of carbonyl (C=O) groups excluding carboxylic acids is 2. The van der Waals surface area contributed by atoms with Gasteiger partial charge in [0.05, 0.1) is 13.0 Å². The highest BCUT2D eigenvalue weighted by Crippen LogP contribution is 2.14. The number of aryl methyl sites for hydroxylation is 2. The van der Waals surface area contributed by atoms with Gasteiger partial charge in [-0.15, -0.1) is 0 Å². The first-order chi connectivity index (χ1) is 11.9. The van der Waals surface area contributed by atoms with E-state index in [0.29, 0.717) is 17.7 Å². The number of benzene rings is 2. The van der Waals surface area contributed by atoms with E-state index in [-0.39, 0.29) is 18.4 Å². The summed E-state index contributed by atoms with van der Waals surface area (Å²) in [4.78, 5) is 24.5. The number of nitrogens with one attached hydrogen (secondary N) is 1. The molecule has 132 valence electrons. The summed E-state index contributed by atoms with van der Waals surface area (Å²) in [6.45, 7) is 4.05. The van der Waals surface area contributed by atoms with Gasteiger partial charge < -0.3 is 15.8 Å². The third kappa shape index (κ3) is 5.08. The molecule has 1 atom stereocenters. The van der Waals surface area contributed by atoms with Gasteiger partial charge in [0, 0.05) is 17.8 Å². The molecule has 0 aromatic heterocycles. The lowest BCUT2D eigenvalue weighted by Crippen LogP contribution is -2.35. The molecular formula is C20H24N2O3. The lowest BCUT2D eigenvalue weighted by atomic mass is 9.98. The van der Waals surface area contributed by atoms with E-state index >= 15 is 0 Å². The molecule has 0 saturated carbocycles. The zero-order chi connectivity index (χ0) is 18.4. The molecule has 0 heterocycles. The fraction of sp³-hybridized carbons (Fsp3) is 0.300. The maximum absolute atomic E-state index is 12.4. The lowest BCUT2D eigenvalue weighted by Gasteiger charge is -2.16. The van der Waals surface area contributed by atoms with Crippen LogP contribution in [0.3, 0.4) is 0 Å². The summed E-state index contributed by atoms with van der Waals surface area (Å²) >= 11 is 0. The Balaban J connectivity index is 2.08. The van der Waals surface area contributed by atoms with E-state index < -0.39 is 5.92 Å². The molecule has 0 aliphatic heterocycles. The van der Waals surface area contributed by atoms with E-state index in [0.717, 1.165) is 16.7 Å². The van der Waals surface area contributed by atoms with Gasteiger partial charge in [0.2, 0.25) is 0 Å². The van der Waals surface area contributed by atoms with Crippen LogP contribution in [-0.2, 0) is 16.0 Å². The smallest absolute Gasteiger partial charge is 0.310 e. The maximum Gasteiger partial charge on any atom is 0.310 e. The fourth-order valence-corrected chi connectivity index (χ4v) is 2.72. The highest BCUT2D eigenvalue weighted by Gasteiger charge is 2.21. The molecule has 0 saturated heterocycles. The molecule has 2 aromatic carbocycles. The van der Waals surface area contributed by atoms with Crippen LogP contribution in [0, 0.1) is 19.8 Å². The summed E-state index contributed by atoms with van der Waals surface area (Å²) in [6, 6.07) is 13.1. The van der Waals surface area contributed by atoms with E-state index in [9.17, 15) is 9.59 Å². The first-order valence-electron chi connectivity index (χ1n) is 8.18. The molecule has 0 aliphatic rings. The highest BCUT2D eigenvalue weighted by molar-refractivity contribution is 5.96. The van der Waals surface area contributed by atoms with Crippen molar-refractivity contribution in [2.24, 2.45) is 5.92 Å². The Labute approximate surface area is 148 Å². The van der Waals surface area contributed by atoms with Gasteiger partial charge >= 0.3 is 5.97 Å². The average molecular weight is 340 g/mol. The summed E-state index contributed by atoms with van der Waals surface area (Å²) < 4.78 is 4.89. The van der Waals surface area contributed by atoms with Crippen LogP contribution in [0.5, 0.6) is 0 Å². The average Bonchev–Trinajstić information content (AvgIpc) is 2.59. The van der Waals surface area contributed by atoms with Gasteiger partial charge in [-0.2, -0.15) is 0 Å². The van der Waals surface area contributed by atoms with Crippen LogP contribution in [0.2, 0.25) is 0 Å². The molecule has 25 heavy (non-hydrogen) atoms. The molecule has 0 aliphatic carbocycles. The van der Waals surface area contributed by atoms with Crippen LogP contribution in [0.4, 0.5) is 5.69 Å². The van der Waals surface area contributed by atoms with Crippen molar-refractivity contribution < 1.29 is 14.3 Å². The van der Waals surface area contributed by atoms with Crippen LogP contribution >= 0.6 is 0 Å². The first kappa shape index (κ1) is 18.5. The molecule has 5 heteroatoms. The second-order valence-corrected chi connectivity index (χ2v) is 6.20. The number of nitrogen functional groups attached to an aromatic ring is 1. The van der Waals surface area contributed by atoms with E-state index in [4.69, 9.17) is 10.5 Å². The minimum atomic E-state index is -0.447. The molecule has 5 nitrogen and oxygen atoms in total. The van der Waals surface area contributed by atoms with E-state index in [1.807, 2.05) is 38.1 Å². The lowest BCUT2D eigenvalue weighted by molar-refractivity contribution is -0.145. The normalized spacial score (nSPS) is 11.6. The van der Waals surface area contributed by atoms with Gasteiger partial charge in [0.15, 0.2) is 0 Å². The quantitative estimate of drug-likeness (QED) is 0.626. The minimum Gasteiger partial charge on any atom is -0.469 e. The molecule has 1 amide bonds. The van der Waals surface area contributed by atoms with E-state index in [2.05, 4.69) is 5.32 Å². The second kappa shape index (κ2) is 8.33. The molecule has 0 bridgehead atoms. The summed E-state index contributed by atoms with van der Waals surface area (Å²) in [5.74, 6) is -1.04. The van der Waals surface area contributed by atoms with Gasteiger partial charge in [0.1, 0.15) is 0 Å². The molecule has 0 spiro atoms. The fourth-order valence-electron chi connectivity index (χ4n) is 2.72. The second-order valence-electron chi connectivity index (χ2n) is 6.20. The van der Waals surface area contributed by atoms with Crippen molar-refractivity contribution in [2.75, 3.05) is 19.4 Å². The van der Waals surface area contributed by atoms with Crippen LogP contribution in [0.15, 0.2) is 42.5 Å². The van der Waals surface area contributed by atoms with Crippen molar-refractivity contribution in [3.05, 3.63) is 64.7 Å². The van der Waals surface area contributed by atoms with Crippen LogP contribution < -0.4 is 11.1 Å². The van der Waals surface area contributed by atoms with Crippen molar-refractivity contribution in [2.45, 2.75) is 20.3 Å². The van der Waals surface area contributed by atoms with Crippen LogP contribution in [0.1, 0.15) is 27.0 Å². The van der Waals surface area contributed by atoms with Gasteiger partial charge in [-0.3, -0.25) is 9.59 Å². The molecule has 0 fully saturated rings. The molecule has 3 N–H and O–H groups in total. The number of rotatable bonds is 6. The van der Waals surface area contributed by atoms with Crippen LogP contribution in [0.25, 0.3) is 0 Å². The van der Waals surface area contributed by atoms with E-state index in [1.54, 1.807) is 18.2 Å². The Kier molecular flexibility index (Phi) is 6.17. The minimum absolute atomic E-state index is 0.202. The summed E-state index contributed by atoms with van der Waals surface area (Å²) in [5.41, 5.74) is 9.79. The van der Waals surface area contributed by atoms with Gasteiger partial charge in [-0.05, 0) is 43.5 Å². The molecule has 2 rings (SSSR count). The van der Waals surface area contributed by atoms with Gasteiger partial charge in [0.25, 0.3) is 5.91 Å². The number of anilines is 1. The predicted molar refractivity (Wildman–Crippen MR) is 98.3 cm³/mol. The topological polar surface area (TPSA) is 81.4 Å². The number of hydrogen-bond donors (Lipinski definition) is 2. The zero-order valence-electron chi connectivity index (χ0n) is 14.8. The van der Waals surface area contributed by atoms with Crippen molar-refractivity contribution in [1.29, 1.82) is 0 Å². The van der Waals surface area contributed by atoms with E-state index in [1.165, 1.54) is 7.11 Å². The summed E-state index contributed by atoms with van der Waals surface area (Å²) in [6.07, 6.45) is 0.505. The van der Waals surface area contributed by atoms with Crippen LogP contribution in [-0.4, -0.2) is 25.5 Å². The number of methoxy groups -OCH3 is 1. The van der Waals surface area contributed by atoms with Crippen molar-refractivity contribution in [3.63, 3.8) is 0 Å². The summed E-state index contributed by atoms with van der Waals surface area (Å²) in [7, 11) is 1.36. The van der Waals surface area contributed by atoms with Crippen molar-refractivity contribution in [1.82, 2.24) is 5.32 Å². The first-order valence-corrected chi connectivity index (χ1v) is 8.18. The Morgan fingerprint density at radius 1 is 1.16 bits per heavy atom. The number of hydrogen-bond acceptors (Lipinski definition) is 4. The van der Waals surface area contributed by atoms with Gasteiger partial charge in [-0.1, -0.05) is 35.9 Å². The largest absolute Gasteiger partial charge is 0.469 e. The van der Waals surface area contributed by atoms with Gasteiger partial charge in [-0.25, -0.2) is 0 Å². The predicted octanol–water partition coefficient (Wildman–Crippen LogP) is 2.65. The number of carbonyl (C=O) groups is 2. The molecule has 1 unspecified atom stereocenters. The molecular weight excluding hydrogens is 316 g/mol. The molecule has 0 radical (unpaired) electrons. The third-order valence-corrected chi connectivity index (χ3v) is 4.11. The maximum atomic E-state index is 12.4. The number of ether oxygens (including phenoxy) is 1. The zero-order valence-corrected chi connectivity index (χ0v) is 14.8.